The van der Waals surface area contributed by atoms with Crippen LogP contribution in [0.15, 0.2) is 16.7 Å². The smallest absolute Gasteiger partial charge is 0.417 e. The van der Waals surface area contributed by atoms with E-state index in [1.165, 1.54) is 0 Å². The second-order valence-electron chi connectivity index (χ2n) is 3.87. The molecule has 3 nitrogen and oxygen atoms in total. The molecular formula is C10H7F3N2O. The molecule has 2 aromatic heterocycles. The molecule has 6 heteroatoms. The highest BCUT2D eigenvalue weighted by atomic mass is 19.4. The van der Waals surface area contributed by atoms with E-state index in [-0.39, 0.29) is 17.1 Å². The van der Waals surface area contributed by atoms with E-state index >= 15 is 0 Å². The van der Waals surface area contributed by atoms with Crippen molar-refractivity contribution in [2.45, 2.75) is 24.9 Å². The lowest BCUT2D eigenvalue weighted by Crippen LogP contribution is -2.04. The summed E-state index contributed by atoms with van der Waals surface area (Å²) in [7, 11) is 0. The Bertz CT molecular complexity index is 542. The normalized spacial score (nSPS) is 16.9. The molecule has 1 saturated carbocycles. The van der Waals surface area contributed by atoms with E-state index in [0.29, 0.717) is 5.89 Å². The third-order valence-electron chi connectivity index (χ3n) is 2.52. The highest BCUT2D eigenvalue weighted by molar-refractivity contribution is 5.69. The third-order valence-corrected chi connectivity index (χ3v) is 2.52. The van der Waals surface area contributed by atoms with Crippen LogP contribution in [-0.4, -0.2) is 9.97 Å². The second-order valence-corrected chi connectivity index (χ2v) is 3.87. The van der Waals surface area contributed by atoms with Crippen LogP contribution in [-0.2, 0) is 6.18 Å². The van der Waals surface area contributed by atoms with Gasteiger partial charge in [-0.3, -0.25) is 0 Å². The summed E-state index contributed by atoms with van der Waals surface area (Å²) in [6, 6.07) is 0.970. The standard InChI is InChI=1S/C10H7F3N2O/c11-10(12,13)6-3-7-9(14-4-6)16-8(15-7)5-1-2-5/h3-5H,1-2H2. The Morgan fingerprint density at radius 2 is 2.06 bits per heavy atom. The number of rotatable bonds is 1. The van der Waals surface area contributed by atoms with E-state index in [2.05, 4.69) is 9.97 Å². The van der Waals surface area contributed by atoms with Crippen molar-refractivity contribution in [1.82, 2.24) is 9.97 Å². The largest absolute Gasteiger partial charge is 0.422 e. The molecule has 0 spiro atoms. The molecule has 1 aliphatic rings. The summed E-state index contributed by atoms with van der Waals surface area (Å²) in [6.07, 6.45) is -1.65. The van der Waals surface area contributed by atoms with Crippen LogP contribution >= 0.6 is 0 Å². The number of nitrogens with zero attached hydrogens (tertiary/aromatic N) is 2. The van der Waals surface area contributed by atoms with Crippen LogP contribution in [0.5, 0.6) is 0 Å². The molecule has 0 saturated heterocycles. The van der Waals surface area contributed by atoms with E-state index < -0.39 is 11.7 Å². The van der Waals surface area contributed by atoms with Gasteiger partial charge >= 0.3 is 6.18 Å². The fourth-order valence-corrected chi connectivity index (χ4v) is 1.50. The Kier molecular flexibility index (Phi) is 1.78. The highest BCUT2D eigenvalue weighted by Gasteiger charge is 2.33. The predicted molar refractivity (Wildman–Crippen MR) is 48.8 cm³/mol. The summed E-state index contributed by atoms with van der Waals surface area (Å²) < 4.78 is 42.5. The van der Waals surface area contributed by atoms with Crippen LogP contribution < -0.4 is 0 Å². The molecule has 2 aromatic rings. The summed E-state index contributed by atoms with van der Waals surface area (Å²) >= 11 is 0. The van der Waals surface area contributed by atoms with E-state index in [1.807, 2.05) is 0 Å². The maximum Gasteiger partial charge on any atom is 0.417 e. The molecule has 84 valence electrons. The fourth-order valence-electron chi connectivity index (χ4n) is 1.50. The topological polar surface area (TPSA) is 38.9 Å². The zero-order valence-corrected chi connectivity index (χ0v) is 8.08. The Labute approximate surface area is 88.3 Å². The number of hydrogen-bond acceptors (Lipinski definition) is 3. The molecule has 16 heavy (non-hydrogen) atoms. The van der Waals surface area contributed by atoms with Gasteiger partial charge in [-0.05, 0) is 18.9 Å². The molecule has 0 radical (unpaired) electrons. The van der Waals surface area contributed by atoms with Crippen LogP contribution in [0.25, 0.3) is 11.2 Å². The maximum atomic E-state index is 12.4. The predicted octanol–water partition coefficient (Wildman–Crippen LogP) is 3.12. The summed E-state index contributed by atoms with van der Waals surface area (Å²) in [5.41, 5.74) is -0.442. The second kappa shape index (κ2) is 2.96. The minimum Gasteiger partial charge on any atom is -0.422 e. The van der Waals surface area contributed by atoms with Crippen molar-refractivity contribution >= 4 is 11.2 Å². The Balaban J connectivity index is 2.10. The summed E-state index contributed by atoms with van der Waals surface area (Å²) in [4.78, 5) is 7.65. The first-order valence-electron chi connectivity index (χ1n) is 4.88. The third kappa shape index (κ3) is 1.54. The molecule has 0 amide bonds. The Morgan fingerprint density at radius 1 is 1.31 bits per heavy atom. The summed E-state index contributed by atoms with van der Waals surface area (Å²) in [6.45, 7) is 0. The van der Waals surface area contributed by atoms with Crippen molar-refractivity contribution in [3.05, 3.63) is 23.7 Å². The molecule has 2 heterocycles. The minimum absolute atomic E-state index is 0.176. The molecule has 0 bridgehead atoms. The lowest BCUT2D eigenvalue weighted by Gasteiger charge is -2.03. The van der Waals surface area contributed by atoms with Gasteiger partial charge in [0.1, 0.15) is 5.52 Å². The van der Waals surface area contributed by atoms with Gasteiger partial charge in [-0.15, -0.1) is 0 Å². The van der Waals surface area contributed by atoms with E-state index in [9.17, 15) is 13.2 Å². The van der Waals surface area contributed by atoms with Crippen LogP contribution in [0.2, 0.25) is 0 Å². The number of pyridine rings is 1. The molecule has 1 aliphatic carbocycles. The zero-order chi connectivity index (χ0) is 11.3. The number of halogens is 3. The molecule has 0 atom stereocenters. The number of oxazole rings is 1. The van der Waals surface area contributed by atoms with Crippen LogP contribution in [0.3, 0.4) is 0 Å². The molecule has 3 rings (SSSR count). The van der Waals surface area contributed by atoms with Gasteiger partial charge in [0.2, 0.25) is 11.6 Å². The molecule has 0 aromatic carbocycles. The zero-order valence-electron chi connectivity index (χ0n) is 8.08. The van der Waals surface area contributed by atoms with Gasteiger partial charge < -0.3 is 4.42 Å². The van der Waals surface area contributed by atoms with Crippen molar-refractivity contribution in [2.75, 3.05) is 0 Å². The van der Waals surface area contributed by atoms with Crippen LogP contribution in [0.1, 0.15) is 30.2 Å². The average Bonchev–Trinajstić information content (AvgIpc) is 2.96. The first-order valence-corrected chi connectivity index (χ1v) is 4.88. The quantitative estimate of drug-likeness (QED) is 0.752. The first-order chi connectivity index (χ1) is 7.54. The fraction of sp³-hybridized carbons (Fsp3) is 0.400. The number of fused-ring (bicyclic) bond motifs is 1. The molecule has 1 fully saturated rings. The highest BCUT2D eigenvalue weighted by Crippen LogP contribution is 2.40. The molecule has 0 unspecified atom stereocenters. The Morgan fingerprint density at radius 3 is 2.69 bits per heavy atom. The van der Waals surface area contributed by atoms with Gasteiger partial charge in [-0.2, -0.15) is 13.2 Å². The molecule has 0 aliphatic heterocycles. The van der Waals surface area contributed by atoms with Crippen molar-refractivity contribution in [1.29, 1.82) is 0 Å². The van der Waals surface area contributed by atoms with E-state index in [4.69, 9.17) is 4.42 Å². The van der Waals surface area contributed by atoms with E-state index in [1.54, 1.807) is 0 Å². The van der Waals surface area contributed by atoms with Crippen molar-refractivity contribution in [2.24, 2.45) is 0 Å². The average molecular weight is 228 g/mol. The van der Waals surface area contributed by atoms with Gasteiger partial charge in [0, 0.05) is 12.1 Å². The molecule has 0 N–H and O–H groups in total. The SMILES string of the molecule is FC(F)(F)c1cnc2oc(C3CC3)nc2c1. The van der Waals surface area contributed by atoms with E-state index in [0.717, 1.165) is 25.1 Å². The summed E-state index contributed by atoms with van der Waals surface area (Å²) in [5, 5.41) is 0. The van der Waals surface area contributed by atoms with Gasteiger partial charge in [0.25, 0.3) is 0 Å². The van der Waals surface area contributed by atoms with Crippen LogP contribution in [0.4, 0.5) is 13.2 Å². The van der Waals surface area contributed by atoms with Crippen molar-refractivity contribution < 1.29 is 17.6 Å². The maximum absolute atomic E-state index is 12.4. The lowest BCUT2D eigenvalue weighted by molar-refractivity contribution is -0.137. The first kappa shape index (κ1) is 9.62. The number of hydrogen-bond donors (Lipinski definition) is 0. The van der Waals surface area contributed by atoms with Crippen LogP contribution in [0, 0.1) is 0 Å². The monoisotopic (exact) mass is 228 g/mol. The van der Waals surface area contributed by atoms with Crippen molar-refractivity contribution in [3.63, 3.8) is 0 Å². The number of aromatic nitrogens is 2. The van der Waals surface area contributed by atoms with Crippen molar-refractivity contribution in [3.8, 4) is 0 Å². The van der Waals surface area contributed by atoms with Gasteiger partial charge in [-0.1, -0.05) is 0 Å². The van der Waals surface area contributed by atoms with Gasteiger partial charge in [0.15, 0.2) is 0 Å². The lowest BCUT2D eigenvalue weighted by atomic mass is 10.2. The van der Waals surface area contributed by atoms with Gasteiger partial charge in [-0.25, -0.2) is 9.97 Å². The number of alkyl halides is 3. The molecular weight excluding hydrogens is 221 g/mol. The van der Waals surface area contributed by atoms with Gasteiger partial charge in [0.05, 0.1) is 5.56 Å². The summed E-state index contributed by atoms with van der Waals surface area (Å²) in [5.74, 6) is 0.769. The minimum atomic E-state index is -4.39. The Hall–Kier alpha value is -1.59.